The molecule has 0 aromatic heterocycles. The maximum atomic E-state index is 14.7. The van der Waals surface area contributed by atoms with Gasteiger partial charge in [-0.2, -0.15) is 0 Å². The van der Waals surface area contributed by atoms with Crippen LogP contribution in [-0.4, -0.2) is 106 Å². The molecular formula is C36H43N3O9. The van der Waals surface area contributed by atoms with Crippen LogP contribution in [0.4, 0.5) is 0 Å². The van der Waals surface area contributed by atoms with Crippen molar-refractivity contribution in [2.45, 2.75) is 63.8 Å². The van der Waals surface area contributed by atoms with E-state index in [9.17, 15) is 39.3 Å². The van der Waals surface area contributed by atoms with Crippen molar-refractivity contribution in [3.63, 3.8) is 0 Å². The summed E-state index contributed by atoms with van der Waals surface area (Å²) >= 11 is 0. The molecule has 12 heteroatoms. The smallest absolute Gasteiger partial charge is 0.235 e. The zero-order chi connectivity index (χ0) is 35.2. The Labute approximate surface area is 278 Å². The molecule has 256 valence electrons. The molecule has 2 aromatic carbocycles. The van der Waals surface area contributed by atoms with Crippen molar-refractivity contribution >= 4 is 29.0 Å². The molecule has 0 spiro atoms. The topological polar surface area (TPSA) is 188 Å². The molecule has 5 N–H and O–H groups in total. The van der Waals surface area contributed by atoms with Crippen LogP contribution in [0.5, 0.6) is 11.5 Å². The van der Waals surface area contributed by atoms with Gasteiger partial charge in [0, 0.05) is 23.1 Å². The summed E-state index contributed by atoms with van der Waals surface area (Å²) in [5.41, 5.74) is 0.500. The lowest BCUT2D eigenvalue weighted by molar-refractivity contribution is -0.237. The molecule has 8 atom stereocenters. The van der Waals surface area contributed by atoms with Crippen molar-refractivity contribution in [1.82, 2.24) is 9.80 Å². The molecule has 3 aliphatic carbocycles. The van der Waals surface area contributed by atoms with Crippen molar-refractivity contribution in [1.29, 1.82) is 0 Å². The Bertz CT molecular complexity index is 1770. The summed E-state index contributed by atoms with van der Waals surface area (Å²) in [7, 11) is 4.43. The summed E-state index contributed by atoms with van der Waals surface area (Å²) < 4.78 is 5.63. The van der Waals surface area contributed by atoms with E-state index in [1.807, 2.05) is 12.1 Å². The van der Waals surface area contributed by atoms with Crippen LogP contribution in [0.25, 0.3) is 11.1 Å². The number of hydrogen-bond acceptors (Lipinski definition) is 11. The highest BCUT2D eigenvalue weighted by Crippen LogP contribution is 2.65. The number of hydrogen-bond donors (Lipinski definition) is 4. The minimum absolute atomic E-state index is 0.169. The Morgan fingerprint density at radius 3 is 2.27 bits per heavy atom. The Kier molecular flexibility index (Phi) is 7.98. The second kappa shape index (κ2) is 11.3. The Morgan fingerprint density at radius 2 is 1.69 bits per heavy atom. The number of nitrogens with two attached hydrogens (primary N) is 1. The van der Waals surface area contributed by atoms with Gasteiger partial charge in [-0.05, 0) is 69.2 Å². The molecule has 2 unspecified atom stereocenters. The van der Waals surface area contributed by atoms with Crippen LogP contribution in [0.2, 0.25) is 0 Å². The van der Waals surface area contributed by atoms with Gasteiger partial charge in [0.05, 0.1) is 36.2 Å². The van der Waals surface area contributed by atoms with Crippen molar-refractivity contribution < 1.29 is 44.0 Å². The summed E-state index contributed by atoms with van der Waals surface area (Å²) in [6.07, 6.45) is 0.456. The number of carbonyl (C=O) groups excluding carboxylic acids is 5. The molecule has 1 amide bonds. The number of methoxy groups -OCH3 is 1. The number of primary amides is 1. The predicted molar refractivity (Wildman–Crippen MR) is 173 cm³/mol. The number of fused-ring (bicyclic) bond motifs is 3. The number of likely N-dealkylation sites (N-methyl/N-ethyl adjacent to an activating group) is 1. The van der Waals surface area contributed by atoms with E-state index in [0.717, 1.165) is 31.5 Å². The van der Waals surface area contributed by atoms with Crippen molar-refractivity contribution in [2.75, 3.05) is 34.3 Å². The normalized spacial score (nSPS) is 35.0. The number of phenols is 1. The zero-order valence-electron chi connectivity index (χ0n) is 28.1. The van der Waals surface area contributed by atoms with Gasteiger partial charge in [0.2, 0.25) is 5.91 Å². The Hall–Kier alpha value is -3.97. The number of phenolic OH excluding ortho intramolecular Hbond substituents is 1. The molecule has 6 rings (SSSR count). The monoisotopic (exact) mass is 661 g/mol. The summed E-state index contributed by atoms with van der Waals surface area (Å²) in [6, 6.07) is 7.49. The van der Waals surface area contributed by atoms with Crippen molar-refractivity contribution in [2.24, 2.45) is 28.4 Å². The minimum atomic E-state index is -3.13. The number of amides is 1. The second-order valence-corrected chi connectivity index (χ2v) is 14.6. The number of rotatable bonds is 6. The number of aliphatic hydroxyl groups excluding tert-OH is 1. The molecule has 0 radical (unpaired) electrons. The average Bonchev–Trinajstić information content (AvgIpc) is 3.54. The number of ether oxygens (including phenoxy) is 1. The maximum Gasteiger partial charge on any atom is 0.235 e. The minimum Gasteiger partial charge on any atom is -0.507 e. The van der Waals surface area contributed by atoms with Gasteiger partial charge in [-0.15, -0.1) is 0 Å². The third-order valence-corrected chi connectivity index (χ3v) is 12.0. The van der Waals surface area contributed by atoms with Crippen LogP contribution >= 0.6 is 0 Å². The summed E-state index contributed by atoms with van der Waals surface area (Å²) in [4.78, 5) is 73.0. The molecule has 1 aliphatic heterocycles. The van der Waals surface area contributed by atoms with E-state index < -0.39 is 81.1 Å². The first-order valence-electron chi connectivity index (χ1n) is 16.3. The van der Waals surface area contributed by atoms with Gasteiger partial charge in [-0.3, -0.25) is 33.8 Å². The van der Waals surface area contributed by atoms with Gasteiger partial charge in [-0.1, -0.05) is 39.0 Å². The van der Waals surface area contributed by atoms with Gasteiger partial charge in [0.1, 0.15) is 11.5 Å². The first-order valence-corrected chi connectivity index (χ1v) is 16.3. The molecule has 12 nitrogen and oxygen atoms in total. The average molecular weight is 662 g/mol. The van der Waals surface area contributed by atoms with E-state index in [-0.39, 0.29) is 11.1 Å². The number of carbonyl (C=O) groups is 5. The molecule has 1 saturated heterocycles. The number of ketones is 4. The standard InChI is InChI=1S/C36H43N3O9/c1-17-19-10-11-20(21-15-18(9-12-22(21)48-6)16-39-13-7-8-14-39)26(40)23(19)27(41)25-31(44)36(47)30(43)24(32(37)45)28(42)29(38(4)5)35(36,3)33(46)34(17,25)2/h9-12,15,17,24-25,29,33,40,46-47H,7-8,13-14,16H2,1-6H3,(H2,37,45)/t17-,24?,25?,29+,33-,34+,35+,36+/m0/s1. The Balaban J connectivity index is 1.53. The lowest BCUT2D eigenvalue weighted by atomic mass is 9.39. The highest BCUT2D eigenvalue weighted by Gasteiger charge is 2.81. The molecule has 1 heterocycles. The van der Waals surface area contributed by atoms with E-state index >= 15 is 0 Å². The van der Waals surface area contributed by atoms with Crippen LogP contribution in [0.15, 0.2) is 30.3 Å². The molecule has 2 aromatic rings. The fraction of sp³-hybridized carbons (Fsp3) is 0.528. The number of aliphatic hydroxyl groups is 2. The lowest BCUT2D eigenvalue weighted by Gasteiger charge is -2.65. The van der Waals surface area contributed by atoms with Gasteiger partial charge >= 0.3 is 0 Å². The molecular weight excluding hydrogens is 618 g/mol. The quantitative estimate of drug-likeness (QED) is 0.328. The van der Waals surface area contributed by atoms with Gasteiger partial charge in [-0.25, -0.2) is 0 Å². The van der Waals surface area contributed by atoms with Gasteiger partial charge in [0.25, 0.3) is 0 Å². The lowest BCUT2D eigenvalue weighted by Crippen LogP contribution is -2.84. The fourth-order valence-electron chi connectivity index (χ4n) is 9.42. The number of nitrogens with zero attached hydrogens (tertiary/aromatic N) is 2. The molecule has 3 fully saturated rings. The first kappa shape index (κ1) is 33.9. The van der Waals surface area contributed by atoms with Crippen LogP contribution in [0.1, 0.15) is 61.0 Å². The fourth-order valence-corrected chi connectivity index (χ4v) is 9.42. The van der Waals surface area contributed by atoms with Gasteiger partial charge in [0.15, 0.2) is 34.7 Å². The highest BCUT2D eigenvalue weighted by molar-refractivity contribution is 6.33. The van der Waals surface area contributed by atoms with E-state index in [4.69, 9.17) is 10.5 Å². The Morgan fingerprint density at radius 1 is 1.04 bits per heavy atom. The largest absolute Gasteiger partial charge is 0.507 e. The molecule has 4 aliphatic rings. The number of likely N-dealkylation sites (tertiary alicyclic amines) is 1. The zero-order valence-corrected chi connectivity index (χ0v) is 28.1. The SMILES string of the molecule is COc1ccc(CN2CCCC2)cc1-c1ccc2c(c1O)C(=O)C1C(=O)[C@]3(O)C(=O)C(C(N)=O)C(=O)[C@@H](N(C)C)[C@]3(C)[C@@H](O)[C@]1(C)[C@H]2C. The summed E-state index contributed by atoms with van der Waals surface area (Å²) in [5, 5.41) is 36.4. The number of benzene rings is 2. The maximum absolute atomic E-state index is 14.7. The second-order valence-electron chi connectivity index (χ2n) is 14.6. The summed E-state index contributed by atoms with van der Waals surface area (Å²) in [5.74, 6) is -10.6. The molecule has 2 saturated carbocycles. The third kappa shape index (κ3) is 4.18. The predicted octanol–water partition coefficient (Wildman–Crippen LogP) is 1.45. The van der Waals surface area contributed by atoms with Gasteiger partial charge < -0.3 is 25.8 Å². The van der Waals surface area contributed by atoms with E-state index in [1.165, 1.54) is 40.0 Å². The van der Waals surface area contributed by atoms with Crippen molar-refractivity contribution in [3.05, 3.63) is 47.0 Å². The van der Waals surface area contributed by atoms with Crippen LogP contribution in [0.3, 0.4) is 0 Å². The summed E-state index contributed by atoms with van der Waals surface area (Å²) in [6.45, 7) is 7.14. The number of aromatic hydroxyl groups is 1. The third-order valence-electron chi connectivity index (χ3n) is 12.0. The highest BCUT2D eigenvalue weighted by atomic mass is 16.5. The van der Waals surface area contributed by atoms with Crippen LogP contribution in [-0.2, 0) is 25.7 Å². The van der Waals surface area contributed by atoms with Crippen molar-refractivity contribution in [3.8, 4) is 22.6 Å². The van der Waals surface area contributed by atoms with E-state index in [1.54, 1.807) is 25.1 Å². The van der Waals surface area contributed by atoms with E-state index in [0.29, 0.717) is 23.4 Å². The number of Topliss-reactive ketones (excluding diaryl/α,β-unsaturated/α-hetero) is 4. The van der Waals surface area contributed by atoms with E-state index in [2.05, 4.69) is 4.90 Å². The molecule has 48 heavy (non-hydrogen) atoms. The van der Waals surface area contributed by atoms with Crippen LogP contribution in [0, 0.1) is 22.7 Å². The molecule has 0 bridgehead atoms. The first-order chi connectivity index (χ1) is 22.5. The van der Waals surface area contributed by atoms with Crippen LogP contribution < -0.4 is 10.5 Å².